The lowest BCUT2D eigenvalue weighted by atomic mass is 10.1. The Morgan fingerprint density at radius 3 is 2.32 bits per heavy atom. The number of nitrogen functional groups attached to an aromatic ring is 1. The van der Waals surface area contributed by atoms with E-state index >= 15 is 0 Å². The SMILES string of the molecule is Cc1ccc(C)c(COc2c(Cl)cc(N)cc2Cl)c1. The third-order valence-electron chi connectivity index (χ3n) is 2.90. The molecule has 0 atom stereocenters. The van der Waals surface area contributed by atoms with Crippen LogP contribution in [0.2, 0.25) is 10.0 Å². The first-order valence-corrected chi connectivity index (χ1v) is 6.66. The summed E-state index contributed by atoms with van der Waals surface area (Å²) in [6.07, 6.45) is 0. The number of rotatable bonds is 3. The zero-order valence-corrected chi connectivity index (χ0v) is 12.3. The van der Waals surface area contributed by atoms with Crippen LogP contribution in [-0.4, -0.2) is 0 Å². The molecule has 2 N–H and O–H groups in total. The maximum atomic E-state index is 6.08. The fourth-order valence-corrected chi connectivity index (χ4v) is 2.44. The van der Waals surface area contributed by atoms with Gasteiger partial charge in [0.1, 0.15) is 6.61 Å². The van der Waals surface area contributed by atoms with Crippen molar-refractivity contribution >= 4 is 28.9 Å². The summed E-state index contributed by atoms with van der Waals surface area (Å²) in [6.45, 7) is 4.52. The van der Waals surface area contributed by atoms with Crippen LogP contribution in [0.5, 0.6) is 5.75 Å². The maximum absolute atomic E-state index is 6.08. The minimum atomic E-state index is 0.426. The highest BCUT2D eigenvalue weighted by molar-refractivity contribution is 6.37. The summed E-state index contributed by atoms with van der Waals surface area (Å²) in [6, 6.07) is 9.49. The van der Waals surface area contributed by atoms with Gasteiger partial charge in [-0.1, -0.05) is 47.0 Å². The Labute approximate surface area is 123 Å². The molecule has 2 rings (SSSR count). The number of nitrogens with two attached hydrogens (primary N) is 1. The Bertz CT molecular complexity index is 588. The molecular weight excluding hydrogens is 281 g/mol. The monoisotopic (exact) mass is 295 g/mol. The van der Waals surface area contributed by atoms with E-state index in [1.807, 2.05) is 13.8 Å². The van der Waals surface area contributed by atoms with Gasteiger partial charge in [-0.2, -0.15) is 0 Å². The van der Waals surface area contributed by atoms with E-state index in [4.69, 9.17) is 33.7 Å². The number of benzene rings is 2. The Hall–Kier alpha value is -1.38. The standard InChI is InChI=1S/C15H15Cl2NO/c1-9-3-4-10(2)11(5-9)8-19-15-13(16)6-12(18)7-14(15)17/h3-7H,8,18H2,1-2H3. The summed E-state index contributed by atoms with van der Waals surface area (Å²) in [5.41, 5.74) is 9.66. The molecule has 0 aliphatic heterocycles. The lowest BCUT2D eigenvalue weighted by molar-refractivity contribution is 0.306. The Kier molecular flexibility index (Phi) is 4.23. The zero-order valence-electron chi connectivity index (χ0n) is 10.8. The number of hydrogen-bond donors (Lipinski definition) is 1. The highest BCUT2D eigenvalue weighted by atomic mass is 35.5. The van der Waals surface area contributed by atoms with Gasteiger partial charge in [0.05, 0.1) is 10.0 Å². The average Bonchev–Trinajstić information content (AvgIpc) is 2.32. The predicted molar refractivity (Wildman–Crippen MR) is 81.1 cm³/mol. The minimum absolute atomic E-state index is 0.426. The molecule has 0 fully saturated rings. The molecule has 2 aromatic rings. The van der Waals surface area contributed by atoms with E-state index in [1.54, 1.807) is 12.1 Å². The lowest BCUT2D eigenvalue weighted by Crippen LogP contribution is -2.00. The number of hydrogen-bond acceptors (Lipinski definition) is 2. The number of ether oxygens (including phenoxy) is 1. The first kappa shape index (κ1) is 14.0. The topological polar surface area (TPSA) is 35.2 Å². The largest absolute Gasteiger partial charge is 0.486 e. The number of halogens is 2. The van der Waals surface area contributed by atoms with Crippen LogP contribution in [0.15, 0.2) is 30.3 Å². The average molecular weight is 296 g/mol. The van der Waals surface area contributed by atoms with Gasteiger partial charge in [0, 0.05) is 5.69 Å². The molecular formula is C15H15Cl2NO. The van der Waals surface area contributed by atoms with E-state index in [2.05, 4.69) is 18.2 Å². The maximum Gasteiger partial charge on any atom is 0.157 e. The molecule has 0 unspecified atom stereocenters. The van der Waals surface area contributed by atoms with Crippen molar-refractivity contribution in [2.75, 3.05) is 5.73 Å². The van der Waals surface area contributed by atoms with Crippen molar-refractivity contribution in [2.45, 2.75) is 20.5 Å². The van der Waals surface area contributed by atoms with Crippen LogP contribution in [0.4, 0.5) is 5.69 Å². The van der Waals surface area contributed by atoms with Gasteiger partial charge >= 0.3 is 0 Å². The van der Waals surface area contributed by atoms with Gasteiger partial charge in [0.15, 0.2) is 5.75 Å². The summed E-state index contributed by atoms with van der Waals surface area (Å²) in [7, 11) is 0. The van der Waals surface area contributed by atoms with E-state index in [-0.39, 0.29) is 0 Å². The second kappa shape index (κ2) is 5.72. The van der Waals surface area contributed by atoms with Crippen molar-refractivity contribution in [3.05, 3.63) is 57.1 Å². The minimum Gasteiger partial charge on any atom is -0.486 e. The quantitative estimate of drug-likeness (QED) is 0.828. The van der Waals surface area contributed by atoms with Crippen LogP contribution in [-0.2, 0) is 6.61 Å². The normalized spacial score (nSPS) is 10.5. The summed E-state index contributed by atoms with van der Waals surface area (Å²) in [4.78, 5) is 0. The highest BCUT2D eigenvalue weighted by Crippen LogP contribution is 2.35. The van der Waals surface area contributed by atoms with Gasteiger partial charge < -0.3 is 10.5 Å². The van der Waals surface area contributed by atoms with Crippen LogP contribution in [0, 0.1) is 13.8 Å². The molecule has 0 aliphatic carbocycles. The Morgan fingerprint density at radius 1 is 1.05 bits per heavy atom. The van der Waals surface area contributed by atoms with E-state index in [0.717, 1.165) is 5.56 Å². The van der Waals surface area contributed by atoms with Crippen molar-refractivity contribution in [3.63, 3.8) is 0 Å². The molecule has 0 aliphatic rings. The third kappa shape index (κ3) is 3.34. The van der Waals surface area contributed by atoms with E-state index < -0.39 is 0 Å². The van der Waals surface area contributed by atoms with Gasteiger partial charge in [0.2, 0.25) is 0 Å². The van der Waals surface area contributed by atoms with Crippen LogP contribution in [0.25, 0.3) is 0 Å². The molecule has 4 heteroatoms. The third-order valence-corrected chi connectivity index (χ3v) is 3.46. The molecule has 100 valence electrons. The highest BCUT2D eigenvalue weighted by Gasteiger charge is 2.09. The Balaban J connectivity index is 2.21. The Morgan fingerprint density at radius 2 is 1.68 bits per heavy atom. The second-order valence-electron chi connectivity index (χ2n) is 4.53. The number of aryl methyl sites for hydroxylation is 2. The summed E-state index contributed by atoms with van der Waals surface area (Å²) in [5.74, 6) is 0.471. The van der Waals surface area contributed by atoms with Crippen LogP contribution < -0.4 is 10.5 Å². The van der Waals surface area contributed by atoms with Crippen molar-refractivity contribution in [3.8, 4) is 5.75 Å². The summed E-state index contributed by atoms with van der Waals surface area (Å²) in [5, 5.41) is 0.852. The summed E-state index contributed by atoms with van der Waals surface area (Å²) >= 11 is 12.2. The van der Waals surface area contributed by atoms with Gasteiger partial charge in [-0.05, 0) is 37.1 Å². The number of anilines is 1. The zero-order chi connectivity index (χ0) is 14.0. The molecule has 0 spiro atoms. The fourth-order valence-electron chi connectivity index (χ4n) is 1.82. The molecule has 0 amide bonds. The lowest BCUT2D eigenvalue weighted by Gasteiger charge is -2.12. The first-order valence-electron chi connectivity index (χ1n) is 5.91. The molecule has 0 aromatic heterocycles. The van der Waals surface area contributed by atoms with Gasteiger partial charge in [-0.15, -0.1) is 0 Å². The van der Waals surface area contributed by atoms with E-state index in [9.17, 15) is 0 Å². The first-order chi connectivity index (χ1) is 8.97. The predicted octanol–water partition coefficient (Wildman–Crippen LogP) is 4.77. The fraction of sp³-hybridized carbons (Fsp3) is 0.200. The second-order valence-corrected chi connectivity index (χ2v) is 5.35. The molecule has 2 nitrogen and oxygen atoms in total. The van der Waals surface area contributed by atoms with Crippen molar-refractivity contribution < 1.29 is 4.74 Å². The van der Waals surface area contributed by atoms with Crippen LogP contribution >= 0.6 is 23.2 Å². The van der Waals surface area contributed by atoms with E-state index in [1.165, 1.54) is 11.1 Å². The van der Waals surface area contributed by atoms with Crippen molar-refractivity contribution in [1.82, 2.24) is 0 Å². The van der Waals surface area contributed by atoms with Crippen molar-refractivity contribution in [2.24, 2.45) is 0 Å². The van der Waals surface area contributed by atoms with Crippen molar-refractivity contribution in [1.29, 1.82) is 0 Å². The van der Waals surface area contributed by atoms with Gasteiger partial charge in [-0.25, -0.2) is 0 Å². The molecule has 19 heavy (non-hydrogen) atoms. The molecule has 0 saturated heterocycles. The van der Waals surface area contributed by atoms with Gasteiger partial charge in [-0.3, -0.25) is 0 Å². The smallest absolute Gasteiger partial charge is 0.157 e. The van der Waals surface area contributed by atoms with E-state index in [0.29, 0.717) is 28.1 Å². The van der Waals surface area contributed by atoms with Crippen LogP contribution in [0.3, 0.4) is 0 Å². The molecule has 0 saturated carbocycles. The molecule has 0 bridgehead atoms. The molecule has 0 radical (unpaired) electrons. The molecule has 2 aromatic carbocycles. The summed E-state index contributed by atoms with van der Waals surface area (Å²) < 4.78 is 5.72. The van der Waals surface area contributed by atoms with Crippen LogP contribution in [0.1, 0.15) is 16.7 Å². The van der Waals surface area contributed by atoms with Gasteiger partial charge in [0.25, 0.3) is 0 Å². The molecule has 0 heterocycles.